The van der Waals surface area contributed by atoms with Crippen LogP contribution >= 0.6 is 11.3 Å². The predicted octanol–water partition coefficient (Wildman–Crippen LogP) is 5.23. The quantitative estimate of drug-likeness (QED) is 0.422. The van der Waals surface area contributed by atoms with Gasteiger partial charge in [0.15, 0.2) is 0 Å². The number of nitrogens with zero attached hydrogens (tertiary/aromatic N) is 1. The van der Waals surface area contributed by atoms with E-state index >= 15 is 0 Å². The van der Waals surface area contributed by atoms with E-state index in [0.717, 1.165) is 5.56 Å². The highest BCUT2D eigenvalue weighted by Crippen LogP contribution is 2.18. The molecule has 6 nitrogen and oxygen atoms in total. The summed E-state index contributed by atoms with van der Waals surface area (Å²) in [6.07, 6.45) is 1.54. The molecule has 0 spiro atoms. The van der Waals surface area contributed by atoms with E-state index in [9.17, 15) is 9.59 Å². The molecule has 31 heavy (non-hydrogen) atoms. The van der Waals surface area contributed by atoms with Gasteiger partial charge in [-0.15, -0.1) is 11.3 Å². The molecule has 0 bridgehead atoms. The van der Waals surface area contributed by atoms with E-state index in [4.69, 9.17) is 4.74 Å². The molecule has 0 saturated carbocycles. The standard InChI is InChI=1S/C24H19N3O3S/c28-23(18-12-13-25-22(15-18)30-16-17-5-2-1-3-6-17)26-19-8-10-20(11-9-19)27-24(29)21-7-4-14-31-21/h1-15H,16H2,(H,26,28)(H,27,29). The first-order valence-electron chi connectivity index (χ1n) is 9.56. The molecule has 4 rings (SSSR count). The van der Waals surface area contributed by atoms with Crippen molar-refractivity contribution in [3.63, 3.8) is 0 Å². The molecule has 0 saturated heterocycles. The SMILES string of the molecule is O=C(Nc1ccc(NC(=O)c2cccs2)cc1)c1ccnc(OCc2ccccc2)c1. The first-order valence-corrected chi connectivity index (χ1v) is 10.4. The first-order chi connectivity index (χ1) is 15.2. The fourth-order valence-electron chi connectivity index (χ4n) is 2.80. The summed E-state index contributed by atoms with van der Waals surface area (Å²) in [4.78, 5) is 29.5. The summed E-state index contributed by atoms with van der Waals surface area (Å²) in [5, 5.41) is 7.51. The van der Waals surface area contributed by atoms with Crippen molar-refractivity contribution in [3.05, 3.63) is 106 Å². The zero-order chi connectivity index (χ0) is 21.5. The number of benzene rings is 2. The molecular formula is C24H19N3O3S. The Morgan fingerprint density at radius 1 is 0.839 bits per heavy atom. The summed E-state index contributed by atoms with van der Waals surface area (Å²) in [5.74, 6) is -0.0583. The topological polar surface area (TPSA) is 80.3 Å². The summed E-state index contributed by atoms with van der Waals surface area (Å²) in [7, 11) is 0. The molecule has 0 fully saturated rings. The van der Waals surface area contributed by atoms with Gasteiger partial charge in [0, 0.05) is 29.2 Å². The molecule has 154 valence electrons. The Hall–Kier alpha value is -3.97. The van der Waals surface area contributed by atoms with E-state index in [-0.39, 0.29) is 11.8 Å². The number of rotatable bonds is 7. The minimum Gasteiger partial charge on any atom is -0.473 e. The van der Waals surface area contributed by atoms with Crippen LogP contribution in [-0.2, 0) is 6.61 Å². The Morgan fingerprint density at radius 2 is 1.55 bits per heavy atom. The normalized spacial score (nSPS) is 10.3. The number of aromatic nitrogens is 1. The number of pyridine rings is 1. The summed E-state index contributed by atoms with van der Waals surface area (Å²) in [5.41, 5.74) is 2.72. The summed E-state index contributed by atoms with van der Waals surface area (Å²) in [6.45, 7) is 0.373. The van der Waals surface area contributed by atoms with Crippen molar-refractivity contribution in [1.29, 1.82) is 0 Å². The number of carbonyl (C=O) groups is 2. The molecule has 2 heterocycles. The van der Waals surface area contributed by atoms with Crippen LogP contribution in [0, 0.1) is 0 Å². The number of thiophene rings is 1. The van der Waals surface area contributed by atoms with E-state index in [1.54, 1.807) is 48.7 Å². The second kappa shape index (κ2) is 9.69. The van der Waals surface area contributed by atoms with E-state index in [1.165, 1.54) is 11.3 Å². The molecule has 0 aliphatic carbocycles. The molecular weight excluding hydrogens is 410 g/mol. The van der Waals surface area contributed by atoms with E-state index in [1.807, 2.05) is 41.8 Å². The monoisotopic (exact) mass is 429 g/mol. The zero-order valence-corrected chi connectivity index (χ0v) is 17.3. The van der Waals surface area contributed by atoms with Crippen molar-refractivity contribution in [2.24, 2.45) is 0 Å². The third kappa shape index (κ3) is 5.55. The molecule has 2 N–H and O–H groups in total. The Labute approximate surface area is 183 Å². The smallest absolute Gasteiger partial charge is 0.265 e. The van der Waals surface area contributed by atoms with Gasteiger partial charge in [-0.2, -0.15) is 0 Å². The molecule has 2 aromatic carbocycles. The van der Waals surface area contributed by atoms with Crippen molar-refractivity contribution in [2.45, 2.75) is 6.61 Å². The fourth-order valence-corrected chi connectivity index (χ4v) is 3.42. The molecule has 0 aliphatic rings. The van der Waals surface area contributed by atoms with E-state index in [0.29, 0.717) is 34.3 Å². The van der Waals surface area contributed by atoms with Crippen molar-refractivity contribution >= 4 is 34.5 Å². The number of anilines is 2. The molecule has 0 radical (unpaired) electrons. The minimum absolute atomic E-state index is 0.161. The van der Waals surface area contributed by atoms with Crippen molar-refractivity contribution in [3.8, 4) is 5.88 Å². The van der Waals surface area contributed by atoms with Gasteiger partial charge < -0.3 is 15.4 Å². The van der Waals surface area contributed by atoms with Gasteiger partial charge in [-0.1, -0.05) is 36.4 Å². The van der Waals surface area contributed by atoms with Crippen molar-refractivity contribution < 1.29 is 14.3 Å². The van der Waals surface area contributed by atoms with Crippen LogP contribution in [0.25, 0.3) is 0 Å². The fraction of sp³-hybridized carbons (Fsp3) is 0.0417. The zero-order valence-electron chi connectivity index (χ0n) is 16.4. The highest BCUT2D eigenvalue weighted by atomic mass is 32.1. The summed E-state index contributed by atoms with van der Waals surface area (Å²) < 4.78 is 5.69. The molecule has 4 aromatic rings. The highest BCUT2D eigenvalue weighted by Gasteiger charge is 2.10. The second-order valence-corrected chi connectivity index (χ2v) is 7.57. The predicted molar refractivity (Wildman–Crippen MR) is 122 cm³/mol. The Morgan fingerprint density at radius 3 is 2.23 bits per heavy atom. The number of carbonyl (C=O) groups excluding carboxylic acids is 2. The van der Waals surface area contributed by atoms with Crippen LogP contribution in [-0.4, -0.2) is 16.8 Å². The lowest BCUT2D eigenvalue weighted by Crippen LogP contribution is -2.13. The Kier molecular flexibility index (Phi) is 6.35. The third-order valence-corrected chi connectivity index (χ3v) is 5.24. The lowest BCUT2D eigenvalue weighted by atomic mass is 10.2. The maximum atomic E-state index is 12.6. The molecule has 2 amide bonds. The average Bonchev–Trinajstić information content (AvgIpc) is 3.35. The summed E-state index contributed by atoms with van der Waals surface area (Å²) >= 11 is 1.38. The van der Waals surface area contributed by atoms with Crippen LogP contribution in [0.15, 0.2) is 90.4 Å². The lowest BCUT2D eigenvalue weighted by molar-refractivity contribution is 0.101. The van der Waals surface area contributed by atoms with Gasteiger partial charge in [-0.05, 0) is 47.3 Å². The van der Waals surface area contributed by atoms with Gasteiger partial charge in [0.2, 0.25) is 5.88 Å². The van der Waals surface area contributed by atoms with Crippen molar-refractivity contribution in [2.75, 3.05) is 10.6 Å². The number of ether oxygens (including phenoxy) is 1. The third-order valence-electron chi connectivity index (χ3n) is 4.37. The second-order valence-electron chi connectivity index (χ2n) is 6.62. The average molecular weight is 430 g/mol. The van der Waals surface area contributed by atoms with Gasteiger partial charge >= 0.3 is 0 Å². The molecule has 7 heteroatoms. The largest absolute Gasteiger partial charge is 0.473 e. The maximum Gasteiger partial charge on any atom is 0.265 e. The Balaban J connectivity index is 1.35. The maximum absolute atomic E-state index is 12.6. The van der Waals surface area contributed by atoms with E-state index < -0.39 is 0 Å². The molecule has 2 aromatic heterocycles. The van der Waals surface area contributed by atoms with Crippen LogP contribution < -0.4 is 15.4 Å². The molecule has 0 unspecified atom stereocenters. The summed E-state index contributed by atoms with van der Waals surface area (Å²) in [6, 6.07) is 23.5. The van der Waals surface area contributed by atoms with Gasteiger partial charge in [-0.3, -0.25) is 9.59 Å². The van der Waals surface area contributed by atoms with Crippen LogP contribution in [0.5, 0.6) is 5.88 Å². The van der Waals surface area contributed by atoms with Crippen molar-refractivity contribution in [1.82, 2.24) is 4.98 Å². The molecule has 0 aliphatic heterocycles. The first kappa shape index (κ1) is 20.3. The van der Waals surface area contributed by atoms with Crippen LogP contribution in [0.1, 0.15) is 25.6 Å². The number of hydrogen-bond donors (Lipinski definition) is 2. The molecule has 0 atom stereocenters. The lowest BCUT2D eigenvalue weighted by Gasteiger charge is -2.09. The van der Waals surface area contributed by atoms with Crippen LogP contribution in [0.4, 0.5) is 11.4 Å². The van der Waals surface area contributed by atoms with Gasteiger partial charge in [0.05, 0.1) is 4.88 Å². The van der Waals surface area contributed by atoms with Crippen LogP contribution in [0.2, 0.25) is 0 Å². The van der Waals surface area contributed by atoms with Gasteiger partial charge in [0.1, 0.15) is 6.61 Å². The highest BCUT2D eigenvalue weighted by molar-refractivity contribution is 7.12. The number of amides is 2. The Bertz CT molecular complexity index is 1160. The number of nitrogens with one attached hydrogen (secondary N) is 2. The van der Waals surface area contributed by atoms with Gasteiger partial charge in [-0.25, -0.2) is 4.98 Å². The van der Waals surface area contributed by atoms with E-state index in [2.05, 4.69) is 15.6 Å². The number of hydrogen-bond acceptors (Lipinski definition) is 5. The minimum atomic E-state index is -0.276. The van der Waals surface area contributed by atoms with Gasteiger partial charge in [0.25, 0.3) is 11.8 Å². The van der Waals surface area contributed by atoms with Crippen LogP contribution in [0.3, 0.4) is 0 Å².